The lowest BCUT2D eigenvalue weighted by Gasteiger charge is -2.14. The van der Waals surface area contributed by atoms with Crippen LogP contribution in [0.4, 0.5) is 0 Å². The Morgan fingerprint density at radius 1 is 0.630 bits per heavy atom. The molecule has 2 amide bonds. The van der Waals surface area contributed by atoms with Crippen molar-refractivity contribution in [2.45, 2.75) is 27.1 Å². The Hall–Kier alpha value is -5.06. The van der Waals surface area contributed by atoms with E-state index in [9.17, 15) is 9.59 Å². The van der Waals surface area contributed by atoms with Crippen molar-refractivity contribution in [3.63, 3.8) is 0 Å². The first kappa shape index (κ1) is 33.8. The second-order valence-electron chi connectivity index (χ2n) is 9.47. The molecule has 0 fully saturated rings. The molecule has 12 heteroatoms. The number of amides is 2. The molecule has 2 N–H and O–H groups in total. The number of benzene rings is 4. The van der Waals surface area contributed by atoms with Gasteiger partial charge in [0.15, 0.2) is 23.0 Å². The van der Waals surface area contributed by atoms with E-state index in [-0.39, 0.29) is 0 Å². The van der Waals surface area contributed by atoms with E-state index in [1.54, 1.807) is 24.3 Å². The zero-order chi connectivity index (χ0) is 32.7. The molecule has 0 aromatic heterocycles. The summed E-state index contributed by atoms with van der Waals surface area (Å²) in [5.41, 5.74) is 7.27. The predicted molar refractivity (Wildman–Crippen MR) is 178 cm³/mol. The Morgan fingerprint density at radius 2 is 1.02 bits per heavy atom. The predicted octanol–water partition coefficient (Wildman–Crippen LogP) is 6.55. The maximum atomic E-state index is 12.3. The monoisotopic (exact) mass is 662 g/mol. The van der Waals surface area contributed by atoms with Gasteiger partial charge in [-0.2, -0.15) is 10.2 Å². The van der Waals surface area contributed by atoms with Crippen LogP contribution in [0.5, 0.6) is 23.0 Å². The number of carbonyl (C=O) groups excluding carboxylic acids is 2. The second-order valence-corrected chi connectivity index (χ2v) is 10.3. The molecular weight excluding hydrogens is 631 g/mol. The van der Waals surface area contributed by atoms with Gasteiger partial charge in [0.2, 0.25) is 0 Å². The van der Waals surface area contributed by atoms with Gasteiger partial charge in [0.05, 0.1) is 35.7 Å². The standard InChI is InChI=1S/C34H32Cl2N4O6/c1-3-43-29-17-25(15-27(35)31(29)45-21-23-11-7-5-8-12-23)19-37-39-33(41)34(42)40-38-20-26-16-28(36)32(30(18-26)44-4-2)46-22-24-13-9-6-10-14-24/h5-20H,3-4,21-22H2,1-2H3,(H,39,41)(H,40,42). The molecule has 4 rings (SSSR count). The number of hydrogen-bond acceptors (Lipinski definition) is 8. The lowest BCUT2D eigenvalue weighted by molar-refractivity contribution is -0.139. The lowest BCUT2D eigenvalue weighted by Crippen LogP contribution is -2.35. The molecule has 0 bridgehead atoms. The van der Waals surface area contributed by atoms with Crippen LogP contribution in [-0.2, 0) is 22.8 Å². The topological polar surface area (TPSA) is 120 Å². The van der Waals surface area contributed by atoms with E-state index in [1.165, 1.54) is 12.4 Å². The average Bonchev–Trinajstić information content (AvgIpc) is 3.05. The summed E-state index contributed by atoms with van der Waals surface area (Å²) in [7, 11) is 0. The summed E-state index contributed by atoms with van der Waals surface area (Å²) in [5.74, 6) is -0.483. The number of hydrogen-bond donors (Lipinski definition) is 2. The number of hydrazone groups is 2. The van der Waals surface area contributed by atoms with Gasteiger partial charge in [0, 0.05) is 0 Å². The fourth-order valence-electron chi connectivity index (χ4n) is 4.02. The van der Waals surface area contributed by atoms with Gasteiger partial charge in [0.25, 0.3) is 0 Å². The van der Waals surface area contributed by atoms with Crippen LogP contribution in [0.15, 0.2) is 95.1 Å². The normalized spacial score (nSPS) is 11.0. The fourth-order valence-corrected chi connectivity index (χ4v) is 4.57. The van der Waals surface area contributed by atoms with Gasteiger partial charge in [0.1, 0.15) is 13.2 Å². The third kappa shape index (κ3) is 9.98. The van der Waals surface area contributed by atoms with Gasteiger partial charge in [-0.1, -0.05) is 83.9 Å². The zero-order valence-electron chi connectivity index (χ0n) is 25.2. The van der Waals surface area contributed by atoms with Crippen LogP contribution in [0.3, 0.4) is 0 Å². The Morgan fingerprint density at radius 3 is 1.39 bits per heavy atom. The van der Waals surface area contributed by atoms with Crippen molar-refractivity contribution in [3.05, 3.63) is 117 Å². The summed E-state index contributed by atoms with van der Waals surface area (Å²) in [4.78, 5) is 24.5. The van der Waals surface area contributed by atoms with Gasteiger partial charge >= 0.3 is 11.8 Å². The summed E-state index contributed by atoms with van der Waals surface area (Å²) < 4.78 is 23.2. The van der Waals surface area contributed by atoms with E-state index in [2.05, 4.69) is 21.1 Å². The van der Waals surface area contributed by atoms with Gasteiger partial charge in [-0.25, -0.2) is 10.9 Å². The van der Waals surface area contributed by atoms with Crippen molar-refractivity contribution in [1.29, 1.82) is 0 Å². The SMILES string of the molecule is CCOc1cc(C=NNC(=O)C(=O)NN=Cc2cc(Cl)c(OCc3ccccc3)c(OCC)c2)cc(Cl)c1OCc1ccccc1. The maximum absolute atomic E-state index is 12.3. The van der Waals surface area contributed by atoms with Crippen molar-refractivity contribution in [1.82, 2.24) is 10.9 Å². The van der Waals surface area contributed by atoms with Crippen LogP contribution in [0, 0.1) is 0 Å². The molecule has 0 radical (unpaired) electrons. The number of halogens is 2. The highest BCUT2D eigenvalue weighted by Gasteiger charge is 2.15. The van der Waals surface area contributed by atoms with Crippen LogP contribution in [-0.4, -0.2) is 37.5 Å². The molecule has 0 aliphatic rings. The van der Waals surface area contributed by atoms with Gasteiger partial charge < -0.3 is 18.9 Å². The third-order valence-electron chi connectivity index (χ3n) is 6.08. The summed E-state index contributed by atoms with van der Waals surface area (Å²) in [5, 5.41) is 8.29. The summed E-state index contributed by atoms with van der Waals surface area (Å²) >= 11 is 12.9. The fraction of sp³-hybridized carbons (Fsp3) is 0.176. The number of rotatable bonds is 14. The number of nitrogens with one attached hydrogen (secondary N) is 2. The van der Waals surface area contributed by atoms with E-state index in [4.69, 9.17) is 42.1 Å². The first-order chi connectivity index (χ1) is 22.4. The Balaban J connectivity index is 1.33. The molecule has 4 aromatic carbocycles. The minimum Gasteiger partial charge on any atom is -0.490 e. The van der Waals surface area contributed by atoms with Gasteiger partial charge in [-0.05, 0) is 60.4 Å². The van der Waals surface area contributed by atoms with Crippen molar-refractivity contribution < 1.29 is 28.5 Å². The lowest BCUT2D eigenvalue weighted by atomic mass is 10.2. The van der Waals surface area contributed by atoms with E-state index >= 15 is 0 Å². The zero-order valence-corrected chi connectivity index (χ0v) is 26.7. The summed E-state index contributed by atoms with van der Waals surface area (Å²) in [6.07, 6.45) is 2.64. The number of nitrogens with zero attached hydrogens (tertiary/aromatic N) is 2. The van der Waals surface area contributed by atoms with E-state index in [1.807, 2.05) is 74.5 Å². The van der Waals surface area contributed by atoms with Crippen LogP contribution in [0.2, 0.25) is 10.0 Å². The van der Waals surface area contributed by atoms with Gasteiger partial charge in [-0.15, -0.1) is 0 Å². The minimum absolute atomic E-state index is 0.296. The summed E-state index contributed by atoms with van der Waals surface area (Å²) in [6.45, 7) is 5.02. The molecule has 0 saturated carbocycles. The quantitative estimate of drug-likeness (QED) is 0.0898. The number of ether oxygens (including phenoxy) is 4. The smallest absolute Gasteiger partial charge is 0.331 e. The van der Waals surface area contributed by atoms with E-state index in [0.717, 1.165) is 11.1 Å². The first-order valence-electron chi connectivity index (χ1n) is 14.3. The van der Waals surface area contributed by atoms with Crippen LogP contribution in [0.1, 0.15) is 36.1 Å². The minimum atomic E-state index is -1.04. The van der Waals surface area contributed by atoms with Crippen LogP contribution >= 0.6 is 23.2 Å². The molecule has 0 saturated heterocycles. The largest absolute Gasteiger partial charge is 0.490 e. The molecule has 10 nitrogen and oxygen atoms in total. The highest BCUT2D eigenvalue weighted by Crippen LogP contribution is 2.38. The molecular formula is C34H32Cl2N4O6. The van der Waals surface area contributed by atoms with E-state index in [0.29, 0.717) is 70.6 Å². The molecule has 0 spiro atoms. The summed E-state index contributed by atoms with van der Waals surface area (Å²) in [6, 6.07) is 25.8. The molecule has 4 aromatic rings. The van der Waals surface area contributed by atoms with Gasteiger partial charge in [-0.3, -0.25) is 9.59 Å². The molecule has 0 heterocycles. The van der Waals surface area contributed by atoms with Crippen molar-refractivity contribution >= 4 is 47.4 Å². The van der Waals surface area contributed by atoms with E-state index < -0.39 is 11.8 Å². The Labute approximate surface area is 276 Å². The second kappa shape index (κ2) is 17.4. The van der Waals surface area contributed by atoms with Crippen molar-refractivity contribution in [3.8, 4) is 23.0 Å². The highest BCUT2D eigenvalue weighted by molar-refractivity contribution is 6.35. The highest BCUT2D eigenvalue weighted by atomic mass is 35.5. The van der Waals surface area contributed by atoms with Crippen LogP contribution in [0.25, 0.3) is 0 Å². The number of carbonyl (C=O) groups is 2. The molecule has 0 atom stereocenters. The van der Waals surface area contributed by atoms with Crippen molar-refractivity contribution in [2.75, 3.05) is 13.2 Å². The Bertz CT molecular complexity index is 1560. The average molecular weight is 664 g/mol. The first-order valence-corrected chi connectivity index (χ1v) is 15.1. The molecule has 238 valence electrons. The Kier molecular flexibility index (Phi) is 12.8. The molecule has 46 heavy (non-hydrogen) atoms. The van der Waals surface area contributed by atoms with Crippen molar-refractivity contribution in [2.24, 2.45) is 10.2 Å². The maximum Gasteiger partial charge on any atom is 0.331 e. The van der Waals surface area contributed by atoms with Crippen LogP contribution < -0.4 is 29.8 Å². The molecule has 0 aliphatic heterocycles. The molecule has 0 aliphatic carbocycles. The third-order valence-corrected chi connectivity index (χ3v) is 6.64. The molecule has 0 unspecified atom stereocenters.